The fourth-order valence-corrected chi connectivity index (χ4v) is 5.11. The van der Waals surface area contributed by atoms with Crippen molar-refractivity contribution in [3.8, 4) is 40.1 Å². The Hall–Kier alpha value is -3.43. The molecule has 7 heteroatoms. The molecule has 0 aliphatic heterocycles. The lowest BCUT2D eigenvalue weighted by Crippen LogP contribution is -2.36. The first-order valence-electron chi connectivity index (χ1n) is 15.8. The predicted molar refractivity (Wildman–Crippen MR) is 174 cm³/mol. The Kier molecular flexibility index (Phi) is 14.0. The van der Waals surface area contributed by atoms with Crippen LogP contribution in [0.4, 0.5) is 0 Å². The van der Waals surface area contributed by atoms with Crippen LogP contribution in [0.25, 0.3) is 22.5 Å². The Morgan fingerprint density at radius 2 is 1.49 bits per heavy atom. The van der Waals surface area contributed by atoms with Crippen molar-refractivity contribution in [1.82, 2.24) is 9.97 Å². The van der Waals surface area contributed by atoms with Crippen molar-refractivity contribution in [1.29, 1.82) is 5.26 Å². The highest BCUT2D eigenvalue weighted by atomic mass is 35.5. The van der Waals surface area contributed by atoms with Crippen LogP contribution in [-0.2, 0) is 4.79 Å². The van der Waals surface area contributed by atoms with Gasteiger partial charge in [0, 0.05) is 23.5 Å². The van der Waals surface area contributed by atoms with Crippen LogP contribution >= 0.6 is 11.6 Å². The first-order chi connectivity index (χ1) is 20.8. The number of nitriles is 1. The summed E-state index contributed by atoms with van der Waals surface area (Å²) in [5.74, 6) is 0.971. The molecular weight excluding hydrogens is 558 g/mol. The summed E-state index contributed by atoms with van der Waals surface area (Å²) in [6.07, 6.45) is 16.1. The molecule has 230 valence electrons. The van der Waals surface area contributed by atoms with E-state index < -0.39 is 11.4 Å². The molecule has 3 rings (SSSR count). The van der Waals surface area contributed by atoms with Crippen LogP contribution in [0.3, 0.4) is 0 Å². The number of carbonyl (C=O) groups excluding carboxylic acids is 1. The SMILES string of the molecule is CCCCCCCCOc1ccc(-c2ncc(-c3ccc(OC(=O)[C@](C)(C#N)[C@H](C)CCCCCC)c(Cl)c3)cn2)cc1. The predicted octanol–water partition coefficient (Wildman–Crippen LogP) is 10.2. The van der Waals surface area contributed by atoms with Gasteiger partial charge >= 0.3 is 5.97 Å². The highest BCUT2D eigenvalue weighted by Gasteiger charge is 2.41. The molecule has 6 nitrogen and oxygen atoms in total. The molecule has 0 amide bonds. The van der Waals surface area contributed by atoms with Gasteiger partial charge in [-0.25, -0.2) is 14.8 Å². The molecule has 0 aliphatic carbocycles. The number of nitrogens with zero attached hydrogens (tertiary/aromatic N) is 3. The second-order valence-corrected chi connectivity index (χ2v) is 11.9. The van der Waals surface area contributed by atoms with E-state index in [2.05, 4.69) is 29.9 Å². The summed E-state index contributed by atoms with van der Waals surface area (Å²) in [6.45, 7) is 8.70. The number of hydrogen-bond donors (Lipinski definition) is 0. The third-order valence-electron chi connectivity index (χ3n) is 8.13. The van der Waals surface area contributed by atoms with Crippen molar-refractivity contribution in [2.75, 3.05) is 6.61 Å². The molecular formula is C36H46ClN3O3. The highest BCUT2D eigenvalue weighted by molar-refractivity contribution is 6.32. The van der Waals surface area contributed by atoms with Crippen LogP contribution in [-0.4, -0.2) is 22.5 Å². The molecule has 0 spiro atoms. The third kappa shape index (κ3) is 10.1. The van der Waals surface area contributed by atoms with Gasteiger partial charge in [0.1, 0.15) is 11.5 Å². The van der Waals surface area contributed by atoms with Crippen molar-refractivity contribution in [3.63, 3.8) is 0 Å². The van der Waals surface area contributed by atoms with Crippen molar-refractivity contribution >= 4 is 17.6 Å². The number of unbranched alkanes of at least 4 members (excludes halogenated alkanes) is 8. The second-order valence-electron chi connectivity index (χ2n) is 11.5. The van der Waals surface area contributed by atoms with Gasteiger partial charge in [0.15, 0.2) is 11.2 Å². The van der Waals surface area contributed by atoms with Crippen LogP contribution in [0.1, 0.15) is 98.3 Å². The Balaban J connectivity index is 1.57. The van der Waals surface area contributed by atoms with Gasteiger partial charge in [-0.2, -0.15) is 5.26 Å². The van der Waals surface area contributed by atoms with E-state index in [-0.39, 0.29) is 16.7 Å². The molecule has 0 saturated heterocycles. The van der Waals surface area contributed by atoms with E-state index in [1.807, 2.05) is 31.2 Å². The van der Waals surface area contributed by atoms with Crippen molar-refractivity contribution in [2.24, 2.45) is 11.3 Å². The van der Waals surface area contributed by atoms with Crippen molar-refractivity contribution in [2.45, 2.75) is 98.3 Å². The smallest absolute Gasteiger partial charge is 0.331 e. The zero-order valence-electron chi connectivity index (χ0n) is 26.2. The van der Waals surface area contributed by atoms with Crippen LogP contribution in [0, 0.1) is 22.7 Å². The maximum Gasteiger partial charge on any atom is 0.331 e. The zero-order chi connectivity index (χ0) is 31.1. The maximum absolute atomic E-state index is 13.1. The molecule has 2 aromatic carbocycles. The van der Waals surface area contributed by atoms with Gasteiger partial charge < -0.3 is 9.47 Å². The number of ether oxygens (including phenoxy) is 2. The number of benzene rings is 2. The molecule has 0 N–H and O–H groups in total. The lowest BCUT2D eigenvalue weighted by molar-refractivity contribution is -0.144. The minimum absolute atomic E-state index is 0.135. The number of esters is 1. The van der Waals surface area contributed by atoms with Crippen molar-refractivity contribution in [3.05, 3.63) is 59.9 Å². The van der Waals surface area contributed by atoms with Crippen molar-refractivity contribution < 1.29 is 14.3 Å². The lowest BCUT2D eigenvalue weighted by Gasteiger charge is -2.26. The number of hydrogen-bond acceptors (Lipinski definition) is 6. The topological polar surface area (TPSA) is 85.1 Å². The monoisotopic (exact) mass is 603 g/mol. The fourth-order valence-electron chi connectivity index (χ4n) is 4.89. The van der Waals surface area contributed by atoms with Gasteiger partial charge in [-0.1, -0.05) is 96.2 Å². The number of aromatic nitrogens is 2. The van der Waals surface area contributed by atoms with Gasteiger partial charge in [-0.3, -0.25) is 0 Å². The van der Waals surface area contributed by atoms with E-state index in [1.54, 1.807) is 37.5 Å². The molecule has 0 unspecified atom stereocenters. The largest absolute Gasteiger partial charge is 0.494 e. The van der Waals surface area contributed by atoms with Gasteiger partial charge in [-0.05, 0) is 67.6 Å². The van der Waals surface area contributed by atoms with E-state index >= 15 is 0 Å². The number of carbonyl (C=O) groups is 1. The zero-order valence-corrected chi connectivity index (χ0v) is 27.0. The molecule has 0 saturated carbocycles. The van der Waals surface area contributed by atoms with Crippen LogP contribution in [0.5, 0.6) is 11.5 Å². The lowest BCUT2D eigenvalue weighted by atomic mass is 9.76. The molecule has 0 radical (unpaired) electrons. The summed E-state index contributed by atoms with van der Waals surface area (Å²) in [4.78, 5) is 22.2. The fraction of sp³-hybridized carbons (Fsp3) is 0.500. The summed E-state index contributed by atoms with van der Waals surface area (Å²) in [6, 6.07) is 15.2. The third-order valence-corrected chi connectivity index (χ3v) is 8.43. The maximum atomic E-state index is 13.1. The minimum Gasteiger partial charge on any atom is -0.494 e. The second kappa shape index (κ2) is 17.6. The number of halogens is 1. The quantitative estimate of drug-likeness (QED) is 0.0816. The van der Waals surface area contributed by atoms with E-state index in [4.69, 9.17) is 21.1 Å². The van der Waals surface area contributed by atoms with Crippen LogP contribution in [0.2, 0.25) is 5.02 Å². The van der Waals surface area contributed by atoms with Gasteiger partial charge in [-0.15, -0.1) is 0 Å². The van der Waals surface area contributed by atoms with E-state index in [0.29, 0.717) is 5.82 Å². The summed E-state index contributed by atoms with van der Waals surface area (Å²) in [5.41, 5.74) is 1.22. The van der Waals surface area contributed by atoms with Gasteiger partial charge in [0.2, 0.25) is 0 Å². The molecule has 43 heavy (non-hydrogen) atoms. The van der Waals surface area contributed by atoms with Crippen LogP contribution < -0.4 is 9.47 Å². The van der Waals surface area contributed by atoms with Gasteiger partial charge in [0.25, 0.3) is 0 Å². The first-order valence-corrected chi connectivity index (χ1v) is 16.2. The Bertz CT molecular complexity index is 1320. The molecule has 0 aliphatic rings. The van der Waals surface area contributed by atoms with E-state index in [1.165, 1.54) is 32.1 Å². The Labute approximate surface area is 262 Å². The molecule has 1 aromatic heterocycles. The molecule has 0 fully saturated rings. The van der Waals surface area contributed by atoms with Gasteiger partial charge in [0.05, 0.1) is 17.7 Å². The first kappa shape index (κ1) is 34.1. The minimum atomic E-state index is -1.25. The number of rotatable bonds is 18. The Morgan fingerprint density at radius 1 is 0.884 bits per heavy atom. The molecule has 3 aromatic rings. The van der Waals surface area contributed by atoms with E-state index in [9.17, 15) is 10.1 Å². The average molecular weight is 604 g/mol. The standard InChI is InChI=1S/C36H46ClN3O3/c1-5-7-9-11-12-14-22-42-31-19-16-28(17-20-31)34-39-24-30(25-40-34)29-18-21-33(32(37)23-29)43-35(41)36(4,26-38)27(3)15-13-10-8-6-2/h16-21,23-25,27H,5-15,22H2,1-4H3/t27-,36-/m1/s1. The van der Waals surface area contributed by atoms with Crippen LogP contribution in [0.15, 0.2) is 54.9 Å². The molecule has 2 atom stereocenters. The Morgan fingerprint density at radius 3 is 2.12 bits per heavy atom. The molecule has 1 heterocycles. The molecule has 0 bridgehead atoms. The summed E-state index contributed by atoms with van der Waals surface area (Å²) >= 11 is 6.52. The average Bonchev–Trinajstić information content (AvgIpc) is 3.03. The summed E-state index contributed by atoms with van der Waals surface area (Å²) in [5, 5.41) is 10.1. The van der Waals surface area contributed by atoms with E-state index in [0.717, 1.165) is 67.6 Å². The summed E-state index contributed by atoms with van der Waals surface area (Å²) in [7, 11) is 0. The summed E-state index contributed by atoms with van der Waals surface area (Å²) < 4.78 is 11.5. The highest BCUT2D eigenvalue weighted by Crippen LogP contribution is 2.36. The normalized spacial score (nSPS) is 13.1.